The van der Waals surface area contributed by atoms with Gasteiger partial charge < -0.3 is 10.4 Å². The molecule has 1 aromatic heterocycles. The minimum Gasteiger partial charge on any atom is -0.391 e. The number of rotatable bonds is 4. The van der Waals surface area contributed by atoms with E-state index in [9.17, 15) is 23.1 Å². The van der Waals surface area contributed by atoms with Gasteiger partial charge in [-0.25, -0.2) is 0 Å². The Labute approximate surface area is 107 Å². The van der Waals surface area contributed by atoms with Crippen molar-refractivity contribution in [3.05, 3.63) is 29.6 Å². The number of aliphatic hydroxyl groups is 1. The highest BCUT2D eigenvalue weighted by atomic mass is 19.4. The summed E-state index contributed by atoms with van der Waals surface area (Å²) in [5.74, 6) is -0.726. The van der Waals surface area contributed by atoms with E-state index in [4.69, 9.17) is 0 Å². The molecule has 1 aliphatic rings. The van der Waals surface area contributed by atoms with Gasteiger partial charge in [0.25, 0.3) is 5.91 Å². The highest BCUT2D eigenvalue weighted by Crippen LogP contribution is 2.32. The summed E-state index contributed by atoms with van der Waals surface area (Å²) < 4.78 is 38.0. The molecule has 0 saturated heterocycles. The van der Waals surface area contributed by atoms with Crippen LogP contribution in [0.5, 0.6) is 0 Å². The highest BCUT2D eigenvalue weighted by molar-refractivity contribution is 5.95. The minimum atomic E-state index is -4.68. The second kappa shape index (κ2) is 5.16. The van der Waals surface area contributed by atoms with Crippen LogP contribution in [0, 0.1) is 5.92 Å². The lowest BCUT2D eigenvalue weighted by Gasteiger charge is -2.13. The first-order valence-electron chi connectivity index (χ1n) is 5.88. The summed E-state index contributed by atoms with van der Waals surface area (Å²) >= 11 is 0. The van der Waals surface area contributed by atoms with E-state index >= 15 is 0 Å². The van der Waals surface area contributed by atoms with Crippen molar-refractivity contribution in [2.75, 3.05) is 6.54 Å². The van der Waals surface area contributed by atoms with Crippen LogP contribution in [0.2, 0.25) is 0 Å². The number of aromatic nitrogens is 1. The van der Waals surface area contributed by atoms with Crippen LogP contribution in [-0.4, -0.2) is 28.6 Å². The third kappa shape index (κ3) is 3.44. The molecule has 1 aromatic rings. The van der Waals surface area contributed by atoms with Gasteiger partial charge in [0.2, 0.25) is 0 Å². The largest absolute Gasteiger partial charge is 0.434 e. The Morgan fingerprint density at radius 3 is 2.79 bits per heavy atom. The number of halogens is 3. The zero-order valence-electron chi connectivity index (χ0n) is 9.94. The molecule has 0 aliphatic heterocycles. The van der Waals surface area contributed by atoms with E-state index in [1.54, 1.807) is 0 Å². The van der Waals surface area contributed by atoms with Crippen molar-refractivity contribution in [3.8, 4) is 0 Å². The van der Waals surface area contributed by atoms with Crippen molar-refractivity contribution in [1.82, 2.24) is 10.3 Å². The number of nitrogens with zero attached hydrogens (tertiary/aromatic N) is 1. The third-order valence-corrected chi connectivity index (χ3v) is 2.96. The number of hydrogen-bond donors (Lipinski definition) is 2. The number of hydrogen-bond acceptors (Lipinski definition) is 3. The van der Waals surface area contributed by atoms with Gasteiger partial charge >= 0.3 is 6.18 Å². The monoisotopic (exact) mass is 274 g/mol. The molecular formula is C12H13F3N2O2. The van der Waals surface area contributed by atoms with E-state index in [0.29, 0.717) is 0 Å². The molecule has 1 heterocycles. The van der Waals surface area contributed by atoms with Crippen molar-refractivity contribution >= 4 is 5.91 Å². The van der Waals surface area contributed by atoms with E-state index < -0.39 is 29.4 Å². The van der Waals surface area contributed by atoms with E-state index in [1.807, 2.05) is 0 Å². The van der Waals surface area contributed by atoms with Gasteiger partial charge in [0.15, 0.2) is 5.69 Å². The zero-order valence-corrected chi connectivity index (χ0v) is 9.94. The first kappa shape index (κ1) is 13.8. The second-order valence-electron chi connectivity index (χ2n) is 4.51. The highest BCUT2D eigenvalue weighted by Gasteiger charge is 2.37. The van der Waals surface area contributed by atoms with Gasteiger partial charge in [0, 0.05) is 12.7 Å². The quantitative estimate of drug-likeness (QED) is 0.876. The number of carbonyl (C=O) groups is 1. The average Bonchev–Trinajstić information content (AvgIpc) is 3.18. The Balaban J connectivity index is 2.06. The van der Waals surface area contributed by atoms with Gasteiger partial charge in [0.05, 0.1) is 11.7 Å². The molecule has 1 aliphatic carbocycles. The van der Waals surface area contributed by atoms with Gasteiger partial charge in [-0.05, 0) is 30.9 Å². The predicted octanol–water partition coefficient (Wildman–Crippen LogP) is 1.60. The van der Waals surface area contributed by atoms with E-state index in [-0.39, 0.29) is 12.5 Å². The molecular weight excluding hydrogens is 261 g/mol. The molecule has 1 fully saturated rings. The standard InChI is InChI=1S/C12H13F3N2O2/c13-12(14,15)10-8(2-1-5-16-10)11(19)17-6-9(18)7-3-4-7/h1-2,5,7,9,18H,3-4,6H2,(H,17,19)/t9-/m1/s1. The fourth-order valence-electron chi connectivity index (χ4n) is 1.75. The second-order valence-corrected chi connectivity index (χ2v) is 4.51. The summed E-state index contributed by atoms with van der Waals surface area (Å²) in [4.78, 5) is 14.9. The zero-order chi connectivity index (χ0) is 14.0. The van der Waals surface area contributed by atoms with Crippen molar-refractivity contribution < 1.29 is 23.1 Å². The van der Waals surface area contributed by atoms with Crippen LogP contribution in [0.25, 0.3) is 0 Å². The Morgan fingerprint density at radius 2 is 2.21 bits per heavy atom. The lowest BCUT2D eigenvalue weighted by atomic mass is 10.1. The lowest BCUT2D eigenvalue weighted by Crippen LogP contribution is -2.34. The molecule has 0 unspecified atom stereocenters. The number of carbonyl (C=O) groups excluding carboxylic acids is 1. The van der Waals surface area contributed by atoms with Gasteiger partial charge in [-0.2, -0.15) is 13.2 Å². The Kier molecular flexibility index (Phi) is 3.75. The summed E-state index contributed by atoms with van der Waals surface area (Å²) in [6.07, 6.45) is -2.62. The number of pyridine rings is 1. The van der Waals surface area contributed by atoms with Crippen molar-refractivity contribution in [2.45, 2.75) is 25.1 Å². The smallest absolute Gasteiger partial charge is 0.391 e. The fraction of sp³-hybridized carbons (Fsp3) is 0.500. The SMILES string of the molecule is O=C(NC[C@@H](O)C1CC1)c1cccnc1C(F)(F)F. The van der Waals surface area contributed by atoms with Crippen molar-refractivity contribution in [1.29, 1.82) is 0 Å². The average molecular weight is 274 g/mol. The van der Waals surface area contributed by atoms with E-state index in [2.05, 4.69) is 10.3 Å². The minimum absolute atomic E-state index is 0.0459. The molecule has 0 aromatic carbocycles. The molecule has 0 spiro atoms. The molecule has 0 radical (unpaired) electrons. The Morgan fingerprint density at radius 1 is 1.53 bits per heavy atom. The summed E-state index contributed by atoms with van der Waals surface area (Å²) in [5, 5.41) is 11.9. The van der Waals surface area contributed by atoms with Gasteiger partial charge in [-0.3, -0.25) is 9.78 Å². The van der Waals surface area contributed by atoms with Crippen molar-refractivity contribution in [2.24, 2.45) is 5.92 Å². The van der Waals surface area contributed by atoms with Crippen molar-refractivity contribution in [3.63, 3.8) is 0 Å². The molecule has 0 bridgehead atoms. The van der Waals surface area contributed by atoms with Crippen LogP contribution in [0.1, 0.15) is 28.9 Å². The van der Waals surface area contributed by atoms with Crippen LogP contribution >= 0.6 is 0 Å². The number of amides is 1. The molecule has 1 atom stereocenters. The van der Waals surface area contributed by atoms with Crippen LogP contribution in [0.15, 0.2) is 18.3 Å². The topological polar surface area (TPSA) is 62.2 Å². The Bertz CT molecular complexity index is 472. The van der Waals surface area contributed by atoms with E-state index in [0.717, 1.165) is 25.1 Å². The first-order valence-corrected chi connectivity index (χ1v) is 5.88. The summed E-state index contributed by atoms with van der Waals surface area (Å²) in [7, 11) is 0. The maximum absolute atomic E-state index is 12.7. The Hall–Kier alpha value is -1.63. The molecule has 1 amide bonds. The first-order chi connectivity index (χ1) is 8.89. The maximum Gasteiger partial charge on any atom is 0.434 e. The van der Waals surface area contributed by atoms with Gasteiger partial charge in [0.1, 0.15) is 0 Å². The maximum atomic E-state index is 12.7. The van der Waals surface area contributed by atoms with Gasteiger partial charge in [-0.15, -0.1) is 0 Å². The van der Waals surface area contributed by atoms with Crippen LogP contribution in [-0.2, 0) is 6.18 Å². The summed E-state index contributed by atoms with van der Waals surface area (Å²) in [5.41, 5.74) is -1.74. The molecule has 2 rings (SSSR count). The fourth-order valence-corrected chi connectivity index (χ4v) is 1.75. The molecule has 2 N–H and O–H groups in total. The predicted molar refractivity (Wildman–Crippen MR) is 60.3 cm³/mol. The number of aliphatic hydroxyl groups excluding tert-OH is 1. The molecule has 7 heteroatoms. The third-order valence-electron chi connectivity index (χ3n) is 2.96. The molecule has 19 heavy (non-hydrogen) atoms. The lowest BCUT2D eigenvalue weighted by molar-refractivity contribution is -0.141. The van der Waals surface area contributed by atoms with Crippen LogP contribution in [0.4, 0.5) is 13.2 Å². The normalized spacial score (nSPS) is 17.1. The summed E-state index contributed by atoms with van der Waals surface area (Å²) in [6.45, 7) is -0.0459. The molecule has 104 valence electrons. The van der Waals surface area contributed by atoms with Crippen LogP contribution in [0.3, 0.4) is 0 Å². The van der Waals surface area contributed by atoms with E-state index in [1.165, 1.54) is 6.07 Å². The molecule has 4 nitrogen and oxygen atoms in total. The molecule has 1 saturated carbocycles. The number of nitrogens with one attached hydrogen (secondary N) is 1. The summed E-state index contributed by atoms with van der Waals surface area (Å²) in [6, 6.07) is 2.33. The number of alkyl halides is 3. The van der Waals surface area contributed by atoms with Crippen LogP contribution < -0.4 is 5.32 Å². The van der Waals surface area contributed by atoms with Gasteiger partial charge in [-0.1, -0.05) is 0 Å².